The summed E-state index contributed by atoms with van der Waals surface area (Å²) in [4.78, 5) is 27.7. The number of ether oxygens (including phenoxy) is 1. The molecule has 0 saturated carbocycles. The maximum absolute atomic E-state index is 13.8. The Kier molecular flexibility index (Phi) is 7.47. The second-order valence-electron chi connectivity index (χ2n) is 5.11. The Morgan fingerprint density at radius 1 is 1.28 bits per heavy atom. The van der Waals surface area contributed by atoms with Gasteiger partial charge in [-0.15, -0.1) is 0 Å². The smallest absolute Gasteiger partial charge is 0.441 e. The fourth-order valence-corrected chi connectivity index (χ4v) is 1.99. The van der Waals surface area contributed by atoms with Crippen LogP contribution in [0, 0.1) is 0 Å². The SMILES string of the molecule is CCCCC(=O)NC(Nc1ccc(Cl)cn1)(C(=O)OCC)C(F)(F)F. The van der Waals surface area contributed by atoms with Gasteiger partial charge in [-0.1, -0.05) is 24.9 Å². The molecule has 1 rings (SSSR count). The fraction of sp³-hybridized carbons (Fsp3) is 0.533. The minimum atomic E-state index is -5.18. The normalized spacial score (nSPS) is 13.7. The first kappa shape index (κ1) is 21.0. The van der Waals surface area contributed by atoms with Gasteiger partial charge < -0.3 is 15.4 Å². The third-order valence-corrected chi connectivity index (χ3v) is 3.36. The molecule has 140 valence electrons. The van der Waals surface area contributed by atoms with Gasteiger partial charge in [-0.3, -0.25) is 4.79 Å². The maximum Gasteiger partial charge on any atom is 0.441 e. The quantitative estimate of drug-likeness (QED) is 0.533. The Balaban J connectivity index is 3.26. The van der Waals surface area contributed by atoms with Crippen LogP contribution in [0.2, 0.25) is 5.02 Å². The van der Waals surface area contributed by atoms with Crippen molar-refractivity contribution in [3.8, 4) is 0 Å². The lowest BCUT2D eigenvalue weighted by Crippen LogP contribution is -2.69. The molecule has 25 heavy (non-hydrogen) atoms. The van der Waals surface area contributed by atoms with E-state index in [1.807, 2.05) is 5.32 Å². The molecule has 1 heterocycles. The van der Waals surface area contributed by atoms with E-state index in [1.54, 1.807) is 12.2 Å². The van der Waals surface area contributed by atoms with E-state index in [2.05, 4.69) is 9.72 Å². The van der Waals surface area contributed by atoms with E-state index < -0.39 is 23.7 Å². The summed E-state index contributed by atoms with van der Waals surface area (Å²) in [6.45, 7) is 2.85. The van der Waals surface area contributed by atoms with Crippen molar-refractivity contribution in [1.29, 1.82) is 0 Å². The van der Waals surface area contributed by atoms with Gasteiger partial charge in [0, 0.05) is 12.6 Å². The molecular formula is C15H19ClF3N3O3. The Morgan fingerprint density at radius 3 is 2.44 bits per heavy atom. The number of hydrogen-bond donors (Lipinski definition) is 2. The highest BCUT2D eigenvalue weighted by atomic mass is 35.5. The largest absolute Gasteiger partial charge is 0.463 e. The molecule has 0 aliphatic rings. The number of unbranched alkanes of at least 4 members (excludes halogenated alkanes) is 1. The summed E-state index contributed by atoms with van der Waals surface area (Å²) < 4.78 is 45.8. The monoisotopic (exact) mass is 381 g/mol. The summed E-state index contributed by atoms with van der Waals surface area (Å²) in [7, 11) is 0. The van der Waals surface area contributed by atoms with E-state index in [4.69, 9.17) is 11.6 Å². The lowest BCUT2D eigenvalue weighted by molar-refractivity contribution is -0.208. The number of pyridine rings is 1. The number of hydrogen-bond acceptors (Lipinski definition) is 5. The predicted molar refractivity (Wildman–Crippen MR) is 86.0 cm³/mol. The predicted octanol–water partition coefficient (Wildman–Crippen LogP) is 3.28. The van der Waals surface area contributed by atoms with Gasteiger partial charge in [-0.05, 0) is 25.5 Å². The molecule has 1 aromatic heterocycles. The van der Waals surface area contributed by atoms with E-state index in [0.29, 0.717) is 12.8 Å². The summed E-state index contributed by atoms with van der Waals surface area (Å²) >= 11 is 5.65. The van der Waals surface area contributed by atoms with Crippen LogP contribution in [0.15, 0.2) is 18.3 Å². The van der Waals surface area contributed by atoms with E-state index in [9.17, 15) is 22.8 Å². The molecule has 2 N–H and O–H groups in total. The van der Waals surface area contributed by atoms with Crippen molar-refractivity contribution >= 4 is 29.3 Å². The molecule has 0 fully saturated rings. The number of nitrogens with one attached hydrogen (secondary N) is 2. The number of rotatable bonds is 8. The molecule has 1 unspecified atom stereocenters. The van der Waals surface area contributed by atoms with Gasteiger partial charge in [0.2, 0.25) is 5.91 Å². The number of anilines is 1. The van der Waals surface area contributed by atoms with Gasteiger partial charge in [0.25, 0.3) is 0 Å². The molecule has 0 aliphatic carbocycles. The molecule has 0 spiro atoms. The van der Waals surface area contributed by atoms with E-state index in [0.717, 1.165) is 12.3 Å². The number of nitrogens with zero attached hydrogens (tertiary/aromatic N) is 1. The van der Waals surface area contributed by atoms with Crippen molar-refractivity contribution in [1.82, 2.24) is 10.3 Å². The van der Waals surface area contributed by atoms with Crippen molar-refractivity contribution in [3.63, 3.8) is 0 Å². The molecule has 0 radical (unpaired) electrons. The van der Waals surface area contributed by atoms with Crippen molar-refractivity contribution in [2.24, 2.45) is 0 Å². The van der Waals surface area contributed by atoms with Gasteiger partial charge in [-0.25, -0.2) is 9.78 Å². The van der Waals surface area contributed by atoms with Gasteiger partial charge >= 0.3 is 17.8 Å². The Hall–Kier alpha value is -2.03. The van der Waals surface area contributed by atoms with Crippen LogP contribution in [0.4, 0.5) is 19.0 Å². The van der Waals surface area contributed by atoms with Crippen LogP contribution in [0.25, 0.3) is 0 Å². The van der Waals surface area contributed by atoms with Crippen LogP contribution in [-0.4, -0.2) is 35.3 Å². The first-order valence-electron chi connectivity index (χ1n) is 7.61. The average molecular weight is 382 g/mol. The van der Waals surface area contributed by atoms with Crippen molar-refractivity contribution in [3.05, 3.63) is 23.4 Å². The standard InChI is InChI=1S/C15H19ClF3N3O3/c1-3-5-6-12(23)22-14(15(17,18)19,13(24)25-4-2)21-11-8-7-10(16)9-20-11/h7-9H,3-6H2,1-2H3,(H,20,21)(H,22,23). The molecule has 1 atom stereocenters. The highest BCUT2D eigenvalue weighted by molar-refractivity contribution is 6.30. The summed E-state index contributed by atoms with van der Waals surface area (Å²) in [5.74, 6) is -2.91. The molecule has 1 amide bonds. The maximum atomic E-state index is 13.8. The minimum Gasteiger partial charge on any atom is -0.463 e. The summed E-state index contributed by atoms with van der Waals surface area (Å²) in [5.41, 5.74) is -3.45. The molecule has 6 nitrogen and oxygen atoms in total. The van der Waals surface area contributed by atoms with E-state index in [-0.39, 0.29) is 23.9 Å². The average Bonchev–Trinajstić information content (AvgIpc) is 2.53. The third kappa shape index (κ3) is 5.48. The van der Waals surface area contributed by atoms with Crippen LogP contribution < -0.4 is 10.6 Å². The first-order chi connectivity index (χ1) is 11.7. The number of esters is 1. The lowest BCUT2D eigenvalue weighted by Gasteiger charge is -2.35. The molecule has 1 aromatic rings. The van der Waals surface area contributed by atoms with Crippen LogP contribution in [0.5, 0.6) is 0 Å². The minimum absolute atomic E-state index is 0.163. The number of carbonyl (C=O) groups is 2. The highest BCUT2D eigenvalue weighted by Gasteiger charge is 2.63. The second-order valence-corrected chi connectivity index (χ2v) is 5.54. The second kappa shape index (κ2) is 8.89. The Labute approximate surface area is 148 Å². The number of aromatic nitrogens is 1. The van der Waals surface area contributed by atoms with Gasteiger partial charge in [0.1, 0.15) is 5.82 Å². The molecule has 0 aliphatic heterocycles. The molecular weight excluding hydrogens is 363 g/mol. The zero-order valence-corrected chi connectivity index (χ0v) is 14.5. The van der Waals surface area contributed by atoms with Crippen molar-refractivity contribution in [2.45, 2.75) is 44.9 Å². The third-order valence-electron chi connectivity index (χ3n) is 3.13. The number of halogens is 4. The number of carbonyl (C=O) groups excluding carboxylic acids is 2. The topological polar surface area (TPSA) is 80.3 Å². The molecule has 0 saturated heterocycles. The number of alkyl halides is 3. The van der Waals surface area contributed by atoms with Crippen LogP contribution in [0.1, 0.15) is 33.1 Å². The first-order valence-corrected chi connectivity index (χ1v) is 7.98. The fourth-order valence-electron chi connectivity index (χ4n) is 1.88. The summed E-state index contributed by atoms with van der Waals surface area (Å²) in [6, 6.07) is 2.45. The molecule has 0 bridgehead atoms. The zero-order chi connectivity index (χ0) is 19.1. The molecule has 10 heteroatoms. The van der Waals surface area contributed by atoms with Crippen LogP contribution in [0.3, 0.4) is 0 Å². The zero-order valence-electron chi connectivity index (χ0n) is 13.7. The van der Waals surface area contributed by atoms with E-state index in [1.165, 1.54) is 13.0 Å². The van der Waals surface area contributed by atoms with E-state index >= 15 is 0 Å². The Morgan fingerprint density at radius 2 is 1.96 bits per heavy atom. The lowest BCUT2D eigenvalue weighted by atomic mass is 10.1. The van der Waals surface area contributed by atoms with Crippen LogP contribution in [-0.2, 0) is 14.3 Å². The van der Waals surface area contributed by atoms with Gasteiger partial charge in [0.05, 0.1) is 11.6 Å². The number of amides is 1. The van der Waals surface area contributed by atoms with Gasteiger partial charge in [-0.2, -0.15) is 13.2 Å². The van der Waals surface area contributed by atoms with Crippen molar-refractivity contribution in [2.75, 3.05) is 11.9 Å². The summed E-state index contributed by atoms with van der Waals surface area (Å²) in [5, 5.41) is 3.88. The van der Waals surface area contributed by atoms with Gasteiger partial charge in [0.15, 0.2) is 0 Å². The van der Waals surface area contributed by atoms with Crippen molar-refractivity contribution < 1.29 is 27.5 Å². The summed E-state index contributed by atoms with van der Waals surface area (Å²) in [6.07, 6.45) is -3.25. The Bertz CT molecular complexity index is 596. The highest BCUT2D eigenvalue weighted by Crippen LogP contribution is 2.33. The molecule has 0 aromatic carbocycles. The van der Waals surface area contributed by atoms with Crippen LogP contribution >= 0.6 is 11.6 Å².